The monoisotopic (exact) mass is 688 g/mol. The van der Waals surface area contributed by atoms with E-state index < -0.39 is 0 Å². The molecule has 0 fully saturated rings. The fourth-order valence-electron chi connectivity index (χ4n) is 8.05. The molecule has 9 aromatic carbocycles. The first-order valence-electron chi connectivity index (χ1n) is 18.5. The van der Waals surface area contributed by atoms with Crippen molar-refractivity contribution in [1.82, 2.24) is 4.57 Å². The van der Waals surface area contributed by atoms with Gasteiger partial charge in [0.2, 0.25) is 0 Å². The predicted molar refractivity (Wildman–Crippen MR) is 229 cm³/mol. The number of hydrogen-bond acceptors (Lipinski definition) is 1. The average molecular weight is 689 g/mol. The number of anilines is 3. The van der Waals surface area contributed by atoms with Crippen LogP contribution >= 0.6 is 0 Å². The van der Waals surface area contributed by atoms with Gasteiger partial charge in [0.25, 0.3) is 0 Å². The third-order valence-electron chi connectivity index (χ3n) is 10.6. The lowest BCUT2D eigenvalue weighted by molar-refractivity contribution is 1.18. The summed E-state index contributed by atoms with van der Waals surface area (Å²) in [7, 11) is 0. The zero-order valence-corrected chi connectivity index (χ0v) is 29.7. The maximum Gasteiger partial charge on any atom is 0.0561 e. The molecule has 2 nitrogen and oxygen atoms in total. The second-order valence-corrected chi connectivity index (χ2v) is 13.8. The van der Waals surface area contributed by atoms with Gasteiger partial charge in [-0.25, -0.2) is 0 Å². The van der Waals surface area contributed by atoms with E-state index in [1.54, 1.807) is 0 Å². The molecule has 1 heterocycles. The Morgan fingerprint density at radius 2 is 0.870 bits per heavy atom. The highest BCUT2D eigenvalue weighted by atomic mass is 15.1. The summed E-state index contributed by atoms with van der Waals surface area (Å²) in [5.41, 5.74) is 14.0. The normalized spacial score (nSPS) is 11.3. The van der Waals surface area contributed by atoms with Crippen molar-refractivity contribution in [2.24, 2.45) is 0 Å². The van der Waals surface area contributed by atoms with Crippen molar-refractivity contribution in [1.29, 1.82) is 0 Å². The van der Waals surface area contributed by atoms with Crippen molar-refractivity contribution in [2.75, 3.05) is 4.90 Å². The highest BCUT2D eigenvalue weighted by Gasteiger charge is 2.21. The van der Waals surface area contributed by atoms with Crippen LogP contribution in [0.25, 0.3) is 71.6 Å². The van der Waals surface area contributed by atoms with E-state index in [1.807, 2.05) is 0 Å². The molecular weight excluding hydrogens is 653 g/mol. The van der Waals surface area contributed by atoms with Crippen molar-refractivity contribution >= 4 is 49.6 Å². The van der Waals surface area contributed by atoms with Crippen LogP contribution in [0.4, 0.5) is 17.1 Å². The lowest BCUT2D eigenvalue weighted by Crippen LogP contribution is -2.11. The van der Waals surface area contributed by atoms with E-state index in [9.17, 15) is 0 Å². The van der Waals surface area contributed by atoms with Crippen molar-refractivity contribution in [3.05, 3.63) is 218 Å². The molecule has 0 bridgehead atoms. The average Bonchev–Trinajstić information content (AvgIpc) is 3.58. The smallest absolute Gasteiger partial charge is 0.0561 e. The summed E-state index contributed by atoms with van der Waals surface area (Å²) in [6.07, 6.45) is 0. The molecule has 10 rings (SSSR count). The molecule has 0 aliphatic rings. The van der Waals surface area contributed by atoms with Crippen molar-refractivity contribution in [3.63, 3.8) is 0 Å². The van der Waals surface area contributed by atoms with Crippen LogP contribution in [-0.4, -0.2) is 4.57 Å². The molecule has 0 atom stereocenters. The highest BCUT2D eigenvalue weighted by molar-refractivity contribution is 6.11. The van der Waals surface area contributed by atoms with Gasteiger partial charge in [0.05, 0.1) is 16.7 Å². The third-order valence-corrected chi connectivity index (χ3v) is 10.6. The summed E-state index contributed by atoms with van der Waals surface area (Å²) in [6, 6.07) is 79.0. The Morgan fingerprint density at radius 3 is 1.63 bits per heavy atom. The Bertz CT molecular complexity index is 2930. The Morgan fingerprint density at radius 1 is 0.315 bits per heavy atom. The van der Waals surface area contributed by atoms with E-state index >= 15 is 0 Å². The van der Waals surface area contributed by atoms with Gasteiger partial charge in [0.1, 0.15) is 0 Å². The first-order valence-corrected chi connectivity index (χ1v) is 18.5. The van der Waals surface area contributed by atoms with E-state index in [0.29, 0.717) is 0 Å². The second kappa shape index (κ2) is 13.4. The molecule has 0 saturated carbocycles. The topological polar surface area (TPSA) is 8.17 Å². The number of rotatable bonds is 7. The van der Waals surface area contributed by atoms with Crippen LogP contribution in [0.15, 0.2) is 218 Å². The summed E-state index contributed by atoms with van der Waals surface area (Å²) in [4.78, 5) is 2.42. The fourth-order valence-corrected chi connectivity index (χ4v) is 8.05. The Balaban J connectivity index is 1.23. The van der Waals surface area contributed by atoms with Gasteiger partial charge >= 0.3 is 0 Å². The highest BCUT2D eigenvalue weighted by Crippen LogP contribution is 2.44. The second-order valence-electron chi connectivity index (χ2n) is 13.8. The number of hydrogen-bond donors (Lipinski definition) is 0. The van der Waals surface area contributed by atoms with Gasteiger partial charge in [-0.05, 0) is 87.1 Å². The van der Waals surface area contributed by atoms with Crippen molar-refractivity contribution in [3.8, 4) is 39.1 Å². The lowest BCUT2D eigenvalue weighted by atomic mass is 9.94. The first-order chi connectivity index (χ1) is 26.8. The van der Waals surface area contributed by atoms with Crippen LogP contribution < -0.4 is 4.90 Å². The van der Waals surface area contributed by atoms with Gasteiger partial charge in [-0.15, -0.1) is 0 Å². The van der Waals surface area contributed by atoms with Crippen LogP contribution in [-0.2, 0) is 0 Å². The lowest BCUT2D eigenvalue weighted by Gasteiger charge is -2.28. The molecule has 54 heavy (non-hydrogen) atoms. The van der Waals surface area contributed by atoms with Crippen molar-refractivity contribution in [2.45, 2.75) is 0 Å². The summed E-state index contributed by atoms with van der Waals surface area (Å²) in [5.74, 6) is 0. The van der Waals surface area contributed by atoms with Crippen LogP contribution in [0.1, 0.15) is 0 Å². The number of benzene rings is 9. The zero-order chi connectivity index (χ0) is 35.8. The molecule has 0 unspecified atom stereocenters. The Labute approximate surface area is 315 Å². The van der Waals surface area contributed by atoms with Gasteiger partial charge in [-0.2, -0.15) is 0 Å². The maximum atomic E-state index is 2.44. The molecule has 0 N–H and O–H groups in total. The van der Waals surface area contributed by atoms with Crippen LogP contribution in [0, 0.1) is 0 Å². The van der Waals surface area contributed by atoms with E-state index in [0.717, 1.165) is 28.3 Å². The molecule has 2 heteroatoms. The molecular formula is C52H36N2. The molecule has 0 aliphatic carbocycles. The number of para-hydroxylation sites is 2. The molecule has 0 amide bonds. The molecule has 254 valence electrons. The van der Waals surface area contributed by atoms with E-state index in [1.165, 1.54) is 60.4 Å². The van der Waals surface area contributed by atoms with Gasteiger partial charge in [-0.1, -0.05) is 170 Å². The van der Waals surface area contributed by atoms with E-state index in [4.69, 9.17) is 0 Å². The Kier molecular flexibility index (Phi) is 7.85. The summed E-state index contributed by atoms with van der Waals surface area (Å²) in [6.45, 7) is 0. The predicted octanol–water partition coefficient (Wildman–Crippen LogP) is 14.4. The van der Waals surface area contributed by atoms with E-state index in [2.05, 4.69) is 228 Å². The van der Waals surface area contributed by atoms with Crippen LogP contribution in [0.3, 0.4) is 0 Å². The Hall–Kier alpha value is -7.16. The van der Waals surface area contributed by atoms with Crippen LogP contribution in [0.5, 0.6) is 0 Å². The molecule has 0 spiro atoms. The number of fused-ring (bicyclic) bond motifs is 4. The van der Waals surface area contributed by atoms with E-state index in [-0.39, 0.29) is 0 Å². The molecule has 0 saturated heterocycles. The molecule has 10 aromatic rings. The van der Waals surface area contributed by atoms with Crippen molar-refractivity contribution < 1.29 is 0 Å². The van der Waals surface area contributed by atoms with Gasteiger partial charge < -0.3 is 9.47 Å². The minimum Gasteiger partial charge on any atom is -0.310 e. The van der Waals surface area contributed by atoms with Gasteiger partial charge in [0.15, 0.2) is 0 Å². The zero-order valence-electron chi connectivity index (χ0n) is 29.7. The standard InChI is InChI=1S/C52H36N2/c1-4-17-38(18-5-1)45-32-30-43(35-49(45)40-21-8-3-9-22-40)54-51-27-15-13-25-47(51)48-33-31-44(36-52(48)54)53(42-29-28-37-16-10-11-23-41(37)34-42)50-26-14-12-24-46(50)39-19-6-2-7-20-39/h1-36H. The first kappa shape index (κ1) is 31.6. The quantitative estimate of drug-likeness (QED) is 0.162. The summed E-state index contributed by atoms with van der Waals surface area (Å²) in [5, 5.41) is 4.88. The maximum absolute atomic E-state index is 2.44. The summed E-state index contributed by atoms with van der Waals surface area (Å²) < 4.78 is 2.44. The summed E-state index contributed by atoms with van der Waals surface area (Å²) >= 11 is 0. The molecule has 1 aromatic heterocycles. The number of aromatic nitrogens is 1. The fraction of sp³-hybridized carbons (Fsp3) is 0. The minimum atomic E-state index is 1.09. The molecule has 0 aliphatic heterocycles. The number of nitrogens with zero attached hydrogens (tertiary/aromatic N) is 2. The van der Waals surface area contributed by atoms with Crippen LogP contribution in [0.2, 0.25) is 0 Å². The molecule has 0 radical (unpaired) electrons. The minimum absolute atomic E-state index is 1.09. The van der Waals surface area contributed by atoms with Gasteiger partial charge in [-0.3, -0.25) is 0 Å². The SMILES string of the molecule is c1ccc(-c2ccc(-n3c4ccccc4c4ccc(N(c5ccc6ccccc6c5)c5ccccc5-c5ccccc5)cc43)cc2-c2ccccc2)cc1. The van der Waals surface area contributed by atoms with Gasteiger partial charge in [0, 0.05) is 33.4 Å². The third kappa shape index (κ3) is 5.53. The largest absolute Gasteiger partial charge is 0.310 e.